The number of nitrogens with one attached hydrogen (secondary N) is 1. The van der Waals surface area contributed by atoms with Crippen LogP contribution in [0.1, 0.15) is 26.7 Å². The van der Waals surface area contributed by atoms with E-state index in [-0.39, 0.29) is 0 Å². The number of hydrogen-bond donors (Lipinski definition) is 1. The third-order valence-corrected chi connectivity index (χ3v) is 3.66. The molecular weight excluding hydrogens is 226 g/mol. The maximum Gasteiger partial charge on any atom is 0.0170 e. The Balaban J connectivity index is 2.35. The summed E-state index contributed by atoms with van der Waals surface area (Å²) >= 11 is 1.92. The zero-order chi connectivity index (χ0) is 12.3. The van der Waals surface area contributed by atoms with Crippen LogP contribution in [0, 0.1) is 11.8 Å². The third kappa shape index (κ3) is 6.41. The second kappa shape index (κ2) is 9.15. The molecule has 0 bridgehead atoms. The molecule has 92 valence electrons. The van der Waals surface area contributed by atoms with Gasteiger partial charge in [-0.25, -0.2) is 0 Å². The molecule has 0 aromatic heterocycles. The van der Waals surface area contributed by atoms with Crippen LogP contribution in [0.5, 0.6) is 0 Å². The smallest absolute Gasteiger partial charge is 0.0170 e. The lowest BCUT2D eigenvalue weighted by Crippen LogP contribution is -2.30. The lowest BCUT2D eigenvalue weighted by Gasteiger charge is -2.16. The first-order valence-electron chi connectivity index (χ1n) is 6.17. The molecule has 1 aromatic rings. The van der Waals surface area contributed by atoms with Crippen LogP contribution >= 0.6 is 11.8 Å². The summed E-state index contributed by atoms with van der Waals surface area (Å²) in [6.07, 6.45) is 2.12. The quantitative estimate of drug-likeness (QED) is 0.584. The Labute approximate surface area is 109 Å². The highest BCUT2D eigenvalue weighted by atomic mass is 32.2. The SMILES string of the molecule is CC#CCCC(CSc1ccccc1)NCC. The fourth-order valence-electron chi connectivity index (χ4n) is 1.62. The van der Waals surface area contributed by atoms with E-state index in [1.165, 1.54) is 4.90 Å². The van der Waals surface area contributed by atoms with Crippen LogP contribution in [-0.2, 0) is 0 Å². The predicted molar refractivity (Wildman–Crippen MR) is 77.3 cm³/mol. The Hall–Kier alpha value is -0.910. The molecule has 0 aliphatic heterocycles. The summed E-state index contributed by atoms with van der Waals surface area (Å²) in [5, 5.41) is 3.52. The summed E-state index contributed by atoms with van der Waals surface area (Å²) in [4.78, 5) is 1.34. The van der Waals surface area contributed by atoms with E-state index < -0.39 is 0 Å². The monoisotopic (exact) mass is 247 g/mol. The number of thioether (sulfide) groups is 1. The van der Waals surface area contributed by atoms with E-state index >= 15 is 0 Å². The molecule has 1 atom stereocenters. The molecule has 0 fully saturated rings. The second-order valence-corrected chi connectivity index (χ2v) is 4.94. The van der Waals surface area contributed by atoms with Crippen molar-refractivity contribution in [2.24, 2.45) is 0 Å². The van der Waals surface area contributed by atoms with Gasteiger partial charge in [0.25, 0.3) is 0 Å². The lowest BCUT2D eigenvalue weighted by molar-refractivity contribution is 0.545. The van der Waals surface area contributed by atoms with Crippen molar-refractivity contribution < 1.29 is 0 Å². The topological polar surface area (TPSA) is 12.0 Å². The highest BCUT2D eigenvalue weighted by molar-refractivity contribution is 7.99. The summed E-state index contributed by atoms with van der Waals surface area (Å²) in [5.41, 5.74) is 0. The first-order chi connectivity index (χ1) is 8.36. The van der Waals surface area contributed by atoms with Crippen LogP contribution in [0.25, 0.3) is 0 Å². The molecule has 0 heterocycles. The van der Waals surface area contributed by atoms with Gasteiger partial charge in [0.15, 0.2) is 0 Å². The van der Waals surface area contributed by atoms with E-state index in [0.29, 0.717) is 6.04 Å². The molecule has 1 aromatic carbocycles. The minimum atomic E-state index is 0.561. The number of hydrogen-bond acceptors (Lipinski definition) is 2. The van der Waals surface area contributed by atoms with Gasteiger partial charge in [0.1, 0.15) is 0 Å². The molecule has 0 radical (unpaired) electrons. The van der Waals surface area contributed by atoms with Crippen molar-refractivity contribution in [3.63, 3.8) is 0 Å². The first-order valence-corrected chi connectivity index (χ1v) is 7.16. The molecule has 1 nitrogen and oxygen atoms in total. The van der Waals surface area contributed by atoms with Gasteiger partial charge in [-0.3, -0.25) is 0 Å². The molecule has 1 unspecified atom stereocenters. The molecule has 1 N–H and O–H groups in total. The lowest BCUT2D eigenvalue weighted by atomic mass is 10.2. The third-order valence-electron chi connectivity index (χ3n) is 2.48. The first kappa shape index (κ1) is 14.2. The Morgan fingerprint density at radius 3 is 2.71 bits per heavy atom. The highest BCUT2D eigenvalue weighted by Crippen LogP contribution is 2.19. The van der Waals surface area contributed by atoms with Crippen LogP contribution in [0.4, 0.5) is 0 Å². The zero-order valence-corrected chi connectivity index (χ0v) is 11.5. The van der Waals surface area contributed by atoms with Gasteiger partial charge in [-0.1, -0.05) is 25.1 Å². The molecule has 0 spiro atoms. The van der Waals surface area contributed by atoms with Gasteiger partial charge in [-0.2, -0.15) is 0 Å². The summed E-state index contributed by atoms with van der Waals surface area (Å²) in [6, 6.07) is 11.1. The fourth-order valence-corrected chi connectivity index (χ4v) is 2.65. The Morgan fingerprint density at radius 1 is 1.29 bits per heavy atom. The van der Waals surface area contributed by atoms with Crippen LogP contribution in [0.2, 0.25) is 0 Å². The standard InChI is InChI=1S/C15H21NS/c1-3-5-7-10-14(16-4-2)13-17-15-11-8-6-9-12-15/h6,8-9,11-12,14,16H,4,7,10,13H2,1-2H3. The van der Waals surface area contributed by atoms with E-state index in [9.17, 15) is 0 Å². The largest absolute Gasteiger partial charge is 0.313 e. The van der Waals surface area contributed by atoms with Gasteiger partial charge in [-0.05, 0) is 32.0 Å². The van der Waals surface area contributed by atoms with Gasteiger partial charge in [-0.15, -0.1) is 23.6 Å². The summed E-state index contributed by atoms with van der Waals surface area (Å²) in [6.45, 7) is 5.09. The van der Waals surface area contributed by atoms with Crippen LogP contribution < -0.4 is 5.32 Å². The van der Waals surface area contributed by atoms with Crippen molar-refractivity contribution in [2.45, 2.75) is 37.6 Å². The average Bonchev–Trinajstić information content (AvgIpc) is 2.37. The fraction of sp³-hybridized carbons (Fsp3) is 0.467. The molecular formula is C15H21NS. The Bertz CT molecular complexity index is 350. The zero-order valence-electron chi connectivity index (χ0n) is 10.7. The van der Waals surface area contributed by atoms with Gasteiger partial charge in [0.2, 0.25) is 0 Å². The minimum absolute atomic E-state index is 0.561. The molecule has 2 heteroatoms. The van der Waals surface area contributed by atoms with E-state index in [4.69, 9.17) is 0 Å². The van der Waals surface area contributed by atoms with Crippen molar-refractivity contribution >= 4 is 11.8 Å². The van der Waals surface area contributed by atoms with Crippen molar-refractivity contribution in [1.29, 1.82) is 0 Å². The molecule has 17 heavy (non-hydrogen) atoms. The van der Waals surface area contributed by atoms with Crippen molar-refractivity contribution in [3.05, 3.63) is 30.3 Å². The van der Waals surface area contributed by atoms with Gasteiger partial charge in [0, 0.05) is 23.1 Å². The van der Waals surface area contributed by atoms with E-state index in [1.54, 1.807) is 0 Å². The van der Waals surface area contributed by atoms with Gasteiger partial charge >= 0.3 is 0 Å². The molecule has 0 aliphatic carbocycles. The summed E-state index contributed by atoms with van der Waals surface area (Å²) < 4.78 is 0. The number of rotatable bonds is 7. The normalized spacial score (nSPS) is 11.6. The van der Waals surface area contributed by atoms with Gasteiger partial charge < -0.3 is 5.32 Å². The molecule has 0 saturated heterocycles. The van der Waals surface area contributed by atoms with Crippen molar-refractivity contribution in [1.82, 2.24) is 5.32 Å². The maximum absolute atomic E-state index is 3.52. The average molecular weight is 247 g/mol. The highest BCUT2D eigenvalue weighted by Gasteiger charge is 2.06. The van der Waals surface area contributed by atoms with Crippen molar-refractivity contribution in [3.8, 4) is 11.8 Å². The summed E-state index contributed by atoms with van der Waals surface area (Å²) in [7, 11) is 0. The summed E-state index contributed by atoms with van der Waals surface area (Å²) in [5.74, 6) is 7.20. The predicted octanol–water partition coefficient (Wildman–Crippen LogP) is 3.56. The Morgan fingerprint density at radius 2 is 2.06 bits per heavy atom. The minimum Gasteiger partial charge on any atom is -0.313 e. The van der Waals surface area contributed by atoms with Crippen LogP contribution in [-0.4, -0.2) is 18.3 Å². The molecule has 0 saturated carbocycles. The number of benzene rings is 1. The maximum atomic E-state index is 3.52. The van der Waals surface area contributed by atoms with Crippen molar-refractivity contribution in [2.75, 3.05) is 12.3 Å². The Kier molecular flexibility index (Phi) is 7.62. The second-order valence-electron chi connectivity index (χ2n) is 3.84. The molecule has 1 rings (SSSR count). The van der Waals surface area contributed by atoms with E-state index in [0.717, 1.165) is 25.1 Å². The van der Waals surface area contributed by atoms with E-state index in [2.05, 4.69) is 54.4 Å². The van der Waals surface area contributed by atoms with Gasteiger partial charge in [0.05, 0.1) is 0 Å². The van der Waals surface area contributed by atoms with Crippen LogP contribution in [0.3, 0.4) is 0 Å². The van der Waals surface area contributed by atoms with Crippen LogP contribution in [0.15, 0.2) is 35.2 Å². The molecule has 0 aliphatic rings. The molecule has 0 amide bonds. The van der Waals surface area contributed by atoms with E-state index in [1.807, 2.05) is 18.7 Å².